The lowest BCUT2D eigenvalue weighted by molar-refractivity contribution is -0.612. The molecule has 0 aliphatic rings. The Kier molecular flexibility index (Phi) is 2.29. The summed E-state index contributed by atoms with van der Waals surface area (Å²) in [6, 6.07) is 7.18. The van der Waals surface area contributed by atoms with Crippen LogP contribution in [0.4, 0.5) is 0 Å². The summed E-state index contributed by atoms with van der Waals surface area (Å²) >= 11 is 0. The Morgan fingerprint density at radius 3 is 2.90 bits per heavy atom. The van der Waals surface area contributed by atoms with E-state index in [4.69, 9.17) is 5.11 Å². The van der Waals surface area contributed by atoms with Gasteiger partial charge in [0.1, 0.15) is 5.75 Å². The third-order valence-corrected chi connectivity index (χ3v) is 1.29. The zero-order chi connectivity index (χ0) is 7.40. The summed E-state index contributed by atoms with van der Waals surface area (Å²) in [6.07, 6.45) is 0. The smallest absolute Gasteiger partial charge is 0.116 e. The molecule has 0 aliphatic carbocycles. The maximum Gasteiger partial charge on any atom is 0.116 e. The highest BCUT2D eigenvalue weighted by atomic mass is 16.3. The molecule has 1 aromatic rings. The quantitative estimate of drug-likeness (QED) is 0.563. The fourth-order valence-corrected chi connectivity index (χ4v) is 0.850. The number of hydrogen-bond acceptors (Lipinski definition) is 1. The van der Waals surface area contributed by atoms with Crippen LogP contribution < -0.4 is 5.32 Å². The summed E-state index contributed by atoms with van der Waals surface area (Å²) in [4.78, 5) is 0. The number of benzene rings is 1. The van der Waals surface area contributed by atoms with Gasteiger partial charge < -0.3 is 10.4 Å². The molecule has 0 aromatic heterocycles. The minimum absolute atomic E-state index is 0.319. The zero-order valence-electron chi connectivity index (χ0n) is 5.75. The van der Waals surface area contributed by atoms with Gasteiger partial charge >= 0.3 is 0 Å². The van der Waals surface area contributed by atoms with Crippen LogP contribution in [0, 0.1) is 7.05 Å². The molecule has 0 saturated heterocycles. The summed E-state index contributed by atoms with van der Waals surface area (Å²) in [5, 5.41) is 10.8. The number of hydrogen-bond donors (Lipinski definition) is 2. The zero-order valence-corrected chi connectivity index (χ0v) is 5.75. The van der Waals surface area contributed by atoms with E-state index in [9.17, 15) is 0 Å². The van der Waals surface area contributed by atoms with Crippen LogP contribution in [0.1, 0.15) is 5.56 Å². The number of quaternary nitrogens is 1. The number of phenolic OH excluding ortho intramolecular Hbond substituents is 1. The Hall–Kier alpha value is -1.02. The van der Waals surface area contributed by atoms with Crippen molar-refractivity contribution >= 4 is 0 Å². The van der Waals surface area contributed by atoms with Crippen molar-refractivity contribution < 1.29 is 10.4 Å². The van der Waals surface area contributed by atoms with Gasteiger partial charge in [0.25, 0.3) is 0 Å². The summed E-state index contributed by atoms with van der Waals surface area (Å²) in [6.45, 7) is 0.814. The fraction of sp³-hybridized carbons (Fsp3) is 0.125. The van der Waals surface area contributed by atoms with Gasteiger partial charge in [-0.25, -0.2) is 0 Å². The van der Waals surface area contributed by atoms with Gasteiger partial charge in [0.15, 0.2) is 0 Å². The minimum atomic E-state index is 0.319. The van der Waals surface area contributed by atoms with E-state index < -0.39 is 0 Å². The molecular weight excluding hydrogens is 126 g/mol. The molecule has 54 valence electrons. The van der Waals surface area contributed by atoms with Crippen molar-refractivity contribution in [2.45, 2.75) is 6.54 Å². The van der Waals surface area contributed by atoms with Crippen LogP contribution in [0.3, 0.4) is 0 Å². The molecule has 1 rings (SSSR count). The summed E-state index contributed by atoms with van der Waals surface area (Å²) in [7, 11) is 3.60. The molecule has 2 nitrogen and oxygen atoms in total. The molecule has 3 N–H and O–H groups in total. The second-order valence-corrected chi connectivity index (χ2v) is 2.16. The van der Waals surface area contributed by atoms with Gasteiger partial charge in [0, 0.05) is 5.56 Å². The van der Waals surface area contributed by atoms with Gasteiger partial charge in [0.05, 0.1) is 6.54 Å². The summed E-state index contributed by atoms with van der Waals surface area (Å²) in [5.74, 6) is 0.319. The van der Waals surface area contributed by atoms with Crippen molar-refractivity contribution in [3.05, 3.63) is 36.9 Å². The first-order valence-electron chi connectivity index (χ1n) is 3.22. The van der Waals surface area contributed by atoms with Crippen molar-refractivity contribution in [1.29, 1.82) is 0 Å². The highest BCUT2D eigenvalue weighted by Gasteiger charge is 1.91. The first-order chi connectivity index (χ1) is 4.83. The average molecular weight is 137 g/mol. The Morgan fingerprint density at radius 1 is 1.50 bits per heavy atom. The second kappa shape index (κ2) is 3.22. The van der Waals surface area contributed by atoms with Gasteiger partial charge in [0.2, 0.25) is 0 Å². The van der Waals surface area contributed by atoms with Crippen LogP contribution in [0.25, 0.3) is 0 Å². The maximum absolute atomic E-state index is 9.01. The Balaban J connectivity index is 2.75. The first-order valence-corrected chi connectivity index (χ1v) is 3.22. The number of rotatable bonds is 2. The van der Waals surface area contributed by atoms with E-state index in [0.29, 0.717) is 5.75 Å². The molecule has 0 radical (unpaired) electrons. The molecule has 0 spiro atoms. The second-order valence-electron chi connectivity index (χ2n) is 2.16. The van der Waals surface area contributed by atoms with Crippen molar-refractivity contribution in [2.75, 3.05) is 0 Å². The third-order valence-electron chi connectivity index (χ3n) is 1.29. The lowest BCUT2D eigenvalue weighted by Gasteiger charge is -1.99. The van der Waals surface area contributed by atoms with Crippen molar-refractivity contribution in [3.63, 3.8) is 0 Å². The van der Waals surface area contributed by atoms with E-state index in [1.165, 1.54) is 0 Å². The molecule has 0 unspecified atom stereocenters. The molecule has 0 amide bonds. The monoisotopic (exact) mass is 137 g/mol. The molecule has 10 heavy (non-hydrogen) atoms. The van der Waals surface area contributed by atoms with Crippen LogP contribution in [-0.4, -0.2) is 5.11 Å². The number of aromatic hydroxyl groups is 1. The topological polar surface area (TPSA) is 36.8 Å². The largest absolute Gasteiger partial charge is 0.508 e. The summed E-state index contributed by atoms with van der Waals surface area (Å²) in [5.41, 5.74) is 1.09. The van der Waals surface area contributed by atoms with Crippen molar-refractivity contribution in [3.8, 4) is 5.75 Å². The van der Waals surface area contributed by atoms with E-state index in [2.05, 4.69) is 7.05 Å². The Labute approximate surface area is 60.5 Å². The van der Waals surface area contributed by atoms with Crippen LogP contribution in [-0.2, 0) is 6.54 Å². The van der Waals surface area contributed by atoms with E-state index in [0.717, 1.165) is 12.1 Å². The lowest BCUT2D eigenvalue weighted by Crippen LogP contribution is -2.74. The van der Waals surface area contributed by atoms with E-state index in [-0.39, 0.29) is 0 Å². The van der Waals surface area contributed by atoms with Gasteiger partial charge in [-0.2, -0.15) is 7.05 Å². The molecule has 0 aliphatic heterocycles. The van der Waals surface area contributed by atoms with Crippen LogP contribution >= 0.6 is 0 Å². The minimum Gasteiger partial charge on any atom is -0.508 e. The predicted octanol–water partition coefficient (Wildman–Crippen LogP) is 0.247. The highest BCUT2D eigenvalue weighted by Crippen LogP contribution is 2.08. The molecule has 0 atom stereocenters. The van der Waals surface area contributed by atoms with Crippen LogP contribution in [0.2, 0.25) is 0 Å². The van der Waals surface area contributed by atoms with Crippen LogP contribution in [0.15, 0.2) is 24.3 Å². The Bertz CT molecular complexity index is 210. The fourth-order valence-electron chi connectivity index (χ4n) is 0.850. The first kappa shape index (κ1) is 7.09. The normalized spacial score (nSPS) is 9.70. The van der Waals surface area contributed by atoms with Gasteiger partial charge in [-0.1, -0.05) is 12.1 Å². The number of nitrogens with two attached hydrogens (primary N) is 1. The van der Waals surface area contributed by atoms with Gasteiger partial charge in [-0.05, 0) is 12.1 Å². The average Bonchev–Trinajstić information content (AvgIpc) is 1.88. The van der Waals surface area contributed by atoms with Crippen molar-refractivity contribution in [2.24, 2.45) is 0 Å². The van der Waals surface area contributed by atoms with E-state index in [1.54, 1.807) is 12.1 Å². The standard InChI is InChI=1S/C8H11NO/c1-9-6-7-3-2-4-8(10)5-7/h2-5,10H,1,6,9H2. The van der Waals surface area contributed by atoms with Gasteiger partial charge in [-0.3, -0.25) is 0 Å². The molecule has 0 saturated carbocycles. The lowest BCUT2D eigenvalue weighted by atomic mass is 10.2. The third kappa shape index (κ3) is 1.74. The van der Waals surface area contributed by atoms with Crippen LogP contribution in [0.5, 0.6) is 5.75 Å². The molecule has 0 heterocycles. The molecular formula is C8H11NO. The predicted molar refractivity (Wildman–Crippen MR) is 39.1 cm³/mol. The van der Waals surface area contributed by atoms with E-state index >= 15 is 0 Å². The number of phenols is 1. The molecule has 2 heteroatoms. The molecule has 0 fully saturated rings. The Morgan fingerprint density at radius 2 is 2.30 bits per heavy atom. The van der Waals surface area contributed by atoms with Gasteiger partial charge in [-0.15, -0.1) is 0 Å². The highest BCUT2D eigenvalue weighted by molar-refractivity contribution is 5.26. The molecule has 1 aromatic carbocycles. The van der Waals surface area contributed by atoms with Crippen molar-refractivity contribution in [1.82, 2.24) is 0 Å². The maximum atomic E-state index is 9.01. The van der Waals surface area contributed by atoms with E-state index in [1.807, 2.05) is 17.4 Å². The summed E-state index contributed by atoms with van der Waals surface area (Å²) < 4.78 is 0. The SMILES string of the molecule is [CH2-][NH2+]Cc1cccc(O)c1. The molecule has 0 bridgehead atoms.